The number of halogens is 6. The number of rotatable bonds is 11. The molecule has 5 heterocycles. The maximum absolute atomic E-state index is 17.4. The van der Waals surface area contributed by atoms with E-state index in [-0.39, 0.29) is 72.6 Å². The molecule has 3 aromatic carbocycles. The molecule has 10 nitrogen and oxygen atoms in total. The Hall–Kier alpha value is -5.15. The van der Waals surface area contributed by atoms with E-state index in [0.717, 1.165) is 30.5 Å². The number of fused-ring (bicyclic) bond motifs is 1. The van der Waals surface area contributed by atoms with Gasteiger partial charge in [0.25, 0.3) is 0 Å². The summed E-state index contributed by atoms with van der Waals surface area (Å²) in [6.07, 6.45) is -4.08. The van der Waals surface area contributed by atoms with Crippen LogP contribution in [0.5, 0.6) is 23.3 Å². The summed E-state index contributed by atoms with van der Waals surface area (Å²) in [5, 5.41) is -0.309. The summed E-state index contributed by atoms with van der Waals surface area (Å²) >= 11 is 6.98. The van der Waals surface area contributed by atoms with E-state index < -0.39 is 45.5 Å². The van der Waals surface area contributed by atoms with Gasteiger partial charge in [0, 0.05) is 33.1 Å². The van der Waals surface area contributed by atoms with Crippen molar-refractivity contribution < 1.29 is 40.9 Å². The van der Waals surface area contributed by atoms with E-state index in [0.29, 0.717) is 24.6 Å². The van der Waals surface area contributed by atoms with Crippen molar-refractivity contribution in [2.75, 3.05) is 63.9 Å². The molecule has 2 aromatic heterocycles. The molecular weight excluding hydrogens is 783 g/mol. The Labute approximate surface area is 337 Å². The number of ether oxygens (including phenoxy) is 4. The molecule has 0 N–H and O–H groups in total. The molecule has 0 aliphatic carbocycles. The minimum absolute atomic E-state index is 0.0622. The molecule has 0 saturated carbocycles. The third-order valence-electron chi connectivity index (χ3n) is 11.3. The van der Waals surface area contributed by atoms with Crippen molar-refractivity contribution in [1.82, 2.24) is 19.9 Å². The van der Waals surface area contributed by atoms with Crippen molar-refractivity contribution >= 4 is 34.1 Å². The first-order valence-electron chi connectivity index (χ1n) is 19.0. The van der Waals surface area contributed by atoms with E-state index >= 15 is 17.6 Å². The number of nitrogens with zero attached hydrogens (tertiary/aromatic N) is 6. The minimum atomic E-state index is -4.96. The summed E-state index contributed by atoms with van der Waals surface area (Å²) in [5.41, 5.74) is -1.95. The average Bonchev–Trinajstić information content (AvgIpc) is 3.67. The van der Waals surface area contributed by atoms with Gasteiger partial charge in [-0.2, -0.15) is 23.1 Å². The summed E-state index contributed by atoms with van der Waals surface area (Å²) in [6, 6.07) is 15.7. The largest absolute Gasteiger partial charge is 0.497 e. The number of aryl methyl sites for hydroxylation is 1. The Morgan fingerprint density at radius 1 is 0.966 bits per heavy atom. The number of alkyl halides is 4. The van der Waals surface area contributed by atoms with E-state index in [9.17, 15) is 4.39 Å². The van der Waals surface area contributed by atoms with Crippen molar-refractivity contribution in [3.63, 3.8) is 0 Å². The highest BCUT2D eigenvalue weighted by Crippen LogP contribution is 2.50. The van der Waals surface area contributed by atoms with Crippen LogP contribution in [0.3, 0.4) is 0 Å². The van der Waals surface area contributed by atoms with Crippen molar-refractivity contribution in [2.45, 2.75) is 57.2 Å². The number of aromatic nitrogens is 3. The third-order valence-corrected chi connectivity index (χ3v) is 11.7. The summed E-state index contributed by atoms with van der Waals surface area (Å²) in [6.45, 7) is 3.22. The van der Waals surface area contributed by atoms with Gasteiger partial charge in [0.2, 0.25) is 0 Å². The van der Waals surface area contributed by atoms with Gasteiger partial charge in [-0.1, -0.05) is 35.9 Å². The van der Waals surface area contributed by atoms with E-state index in [1.165, 1.54) is 13.0 Å². The molecule has 8 rings (SSSR count). The smallest absolute Gasteiger partial charge is 0.418 e. The number of likely N-dealkylation sites (N-methyl/N-ethyl adjacent to an activating group) is 1. The number of benzene rings is 3. The molecule has 0 spiro atoms. The Morgan fingerprint density at radius 3 is 2.24 bits per heavy atom. The number of anilines is 2. The zero-order valence-corrected chi connectivity index (χ0v) is 33.2. The van der Waals surface area contributed by atoms with E-state index in [1.807, 2.05) is 24.3 Å². The van der Waals surface area contributed by atoms with Gasteiger partial charge in [-0.25, -0.2) is 13.8 Å². The van der Waals surface area contributed by atoms with Crippen LogP contribution in [0.4, 0.5) is 33.6 Å². The molecule has 0 amide bonds. The second-order valence-electron chi connectivity index (χ2n) is 15.1. The number of hydrogen-bond donors (Lipinski definition) is 0. The molecule has 306 valence electrons. The van der Waals surface area contributed by atoms with Gasteiger partial charge in [-0.05, 0) is 73.3 Å². The van der Waals surface area contributed by atoms with Crippen molar-refractivity contribution in [3.8, 4) is 34.5 Å². The highest BCUT2D eigenvalue weighted by atomic mass is 35.5. The Balaban J connectivity index is 1.29. The molecule has 0 unspecified atom stereocenters. The molecule has 2 fully saturated rings. The first-order chi connectivity index (χ1) is 27.8. The van der Waals surface area contributed by atoms with Crippen LogP contribution in [-0.2, 0) is 19.3 Å². The van der Waals surface area contributed by atoms with Crippen LogP contribution >= 0.6 is 11.6 Å². The maximum Gasteiger partial charge on any atom is 0.418 e. The average molecular weight is 825 g/mol. The summed E-state index contributed by atoms with van der Waals surface area (Å²) < 4.78 is 101. The zero-order chi connectivity index (χ0) is 40.9. The van der Waals surface area contributed by atoms with Gasteiger partial charge in [0.15, 0.2) is 11.6 Å². The van der Waals surface area contributed by atoms with Crippen LogP contribution in [-0.4, -0.2) is 85.7 Å². The van der Waals surface area contributed by atoms with Crippen molar-refractivity contribution in [2.24, 2.45) is 0 Å². The predicted octanol–water partition coefficient (Wildman–Crippen LogP) is 8.82. The Bertz CT molecular complexity index is 2280. The second kappa shape index (κ2) is 15.6. The van der Waals surface area contributed by atoms with Gasteiger partial charge in [-0.15, -0.1) is 0 Å². The molecule has 3 aliphatic rings. The lowest BCUT2D eigenvalue weighted by atomic mass is 9.95. The summed E-state index contributed by atoms with van der Waals surface area (Å²) in [5.74, 6) is 0.436. The predicted molar refractivity (Wildman–Crippen MR) is 211 cm³/mol. The van der Waals surface area contributed by atoms with Crippen LogP contribution < -0.4 is 28.7 Å². The molecule has 2 saturated heterocycles. The second-order valence-corrected chi connectivity index (χ2v) is 15.5. The van der Waals surface area contributed by atoms with Crippen molar-refractivity contribution in [1.29, 1.82) is 0 Å². The van der Waals surface area contributed by atoms with Gasteiger partial charge in [-0.3, -0.25) is 4.90 Å². The van der Waals surface area contributed by atoms with Gasteiger partial charge >= 0.3 is 12.2 Å². The fourth-order valence-electron chi connectivity index (χ4n) is 8.43. The topological polar surface area (TPSA) is 85.3 Å². The van der Waals surface area contributed by atoms with Crippen LogP contribution in [0.1, 0.15) is 41.5 Å². The lowest BCUT2D eigenvalue weighted by Gasteiger charge is -2.31. The van der Waals surface area contributed by atoms with Gasteiger partial charge in [0.05, 0.1) is 53.5 Å². The number of pyridine rings is 1. The highest BCUT2D eigenvalue weighted by molar-refractivity contribution is 6.36. The lowest BCUT2D eigenvalue weighted by molar-refractivity contribution is -0.137. The van der Waals surface area contributed by atoms with Gasteiger partial charge < -0.3 is 28.7 Å². The van der Waals surface area contributed by atoms with E-state index in [4.69, 9.17) is 30.5 Å². The quantitative estimate of drug-likeness (QED) is 0.121. The fraction of sp³-hybridized carbons (Fsp3) is 0.405. The number of methoxy groups -OCH3 is 2. The summed E-state index contributed by atoms with van der Waals surface area (Å²) in [7, 11) is 4.83. The summed E-state index contributed by atoms with van der Waals surface area (Å²) in [4.78, 5) is 19.3. The maximum atomic E-state index is 17.4. The highest BCUT2D eigenvalue weighted by Gasteiger charge is 2.49. The van der Waals surface area contributed by atoms with Crippen LogP contribution in [0.15, 0.2) is 54.6 Å². The molecule has 5 aromatic rings. The Kier molecular flexibility index (Phi) is 10.6. The lowest BCUT2D eigenvalue weighted by Crippen LogP contribution is -2.43. The molecule has 0 bridgehead atoms. The minimum Gasteiger partial charge on any atom is -0.497 e. The molecule has 16 heteroatoms. The first-order valence-corrected chi connectivity index (χ1v) is 19.3. The SMILES string of the molecule is COc1ccc(CN(Cc2ccc(OC)cc2)c2cc(C)c(C(F)(F)F)c(-c3c(Cl)c4c5c(nc(OC[C@@]67CCCN6C[C@H](F)C7)nc5c3F)N(C)CCO4)n2)cc1. The molecule has 3 aliphatic heterocycles. The molecular formula is C42H42ClF5N6O4. The standard InChI is InChI=1S/C42H42ClF5N6O4/c1-24-18-30(53(20-25-6-10-28(55-3)11-7-25)21-26-8-12-29(56-4)13-9-26)49-36(33(24)42(46,47)48)31-34(43)38-32-37(35(31)45)50-40(51-39(32)52(2)16-17-57-38)58-23-41-14-5-15-54(41)22-27(44)19-41/h6-13,18,27H,5,14-17,19-23H2,1-4H3/t27-,41+/m1/s1. The van der Waals surface area contributed by atoms with E-state index in [1.54, 1.807) is 55.3 Å². The monoisotopic (exact) mass is 824 g/mol. The normalized spacial score (nSPS) is 19.2. The zero-order valence-electron chi connectivity index (χ0n) is 32.4. The first kappa shape index (κ1) is 39.7. The molecule has 58 heavy (non-hydrogen) atoms. The Morgan fingerprint density at radius 2 is 1.62 bits per heavy atom. The third kappa shape index (κ3) is 7.38. The fourth-order valence-corrected chi connectivity index (χ4v) is 8.76. The van der Waals surface area contributed by atoms with Crippen LogP contribution in [0, 0.1) is 12.7 Å². The molecule has 0 radical (unpaired) electrons. The van der Waals surface area contributed by atoms with Crippen LogP contribution in [0.2, 0.25) is 5.02 Å². The van der Waals surface area contributed by atoms with Crippen molar-refractivity contribution in [3.05, 3.63) is 87.7 Å². The van der Waals surface area contributed by atoms with E-state index in [2.05, 4.69) is 19.9 Å². The molecule has 2 atom stereocenters. The van der Waals surface area contributed by atoms with Crippen LogP contribution in [0.25, 0.3) is 22.2 Å². The number of hydrogen-bond acceptors (Lipinski definition) is 10. The van der Waals surface area contributed by atoms with Gasteiger partial charge in [0.1, 0.15) is 48.0 Å².